The Hall–Kier alpha value is -1.04. The molecule has 1 aromatic rings. The van der Waals surface area contributed by atoms with Gasteiger partial charge in [0.05, 0.1) is 4.83 Å². The third-order valence-electron chi connectivity index (χ3n) is 2.32. The van der Waals surface area contributed by atoms with Crippen LogP contribution in [0.5, 0.6) is 5.75 Å². The molecule has 2 nitrogen and oxygen atoms in total. The maximum atomic E-state index is 12.1. The first kappa shape index (κ1) is 15.0. The van der Waals surface area contributed by atoms with Crippen molar-refractivity contribution in [3.63, 3.8) is 0 Å². The van der Waals surface area contributed by atoms with E-state index in [1.807, 2.05) is 6.92 Å². The number of Topliss-reactive ketones (excluding diaryl/α,β-unsaturated/α-hetero) is 1. The number of rotatable bonds is 4. The number of alkyl halides is 4. The molecule has 0 aliphatic rings. The van der Waals surface area contributed by atoms with Gasteiger partial charge in [0, 0.05) is 5.56 Å². The van der Waals surface area contributed by atoms with Crippen LogP contribution in [0, 0.1) is 0 Å². The van der Waals surface area contributed by atoms with Gasteiger partial charge in [0.15, 0.2) is 5.78 Å². The van der Waals surface area contributed by atoms with Crippen LogP contribution < -0.4 is 4.74 Å². The van der Waals surface area contributed by atoms with Gasteiger partial charge in [-0.25, -0.2) is 0 Å². The smallest absolute Gasteiger partial charge is 0.406 e. The molecule has 100 valence electrons. The molecule has 0 aromatic heterocycles. The van der Waals surface area contributed by atoms with E-state index < -0.39 is 11.2 Å². The van der Waals surface area contributed by atoms with Gasteiger partial charge in [-0.1, -0.05) is 28.9 Å². The predicted molar refractivity (Wildman–Crippen MR) is 65.2 cm³/mol. The average Bonchev–Trinajstić information content (AvgIpc) is 2.25. The summed E-state index contributed by atoms with van der Waals surface area (Å²) < 4.78 is 40.1. The second-order valence-corrected chi connectivity index (χ2v) is 5.07. The number of carbonyl (C=O) groups is 1. The molecule has 1 aromatic carbocycles. The van der Waals surface area contributed by atoms with Crippen molar-refractivity contribution in [2.45, 2.75) is 31.5 Å². The molecular formula is C12H12BrF3O2. The van der Waals surface area contributed by atoms with Crippen molar-refractivity contribution in [3.8, 4) is 5.75 Å². The summed E-state index contributed by atoms with van der Waals surface area (Å²) in [5.74, 6) is -0.643. The van der Waals surface area contributed by atoms with Crippen molar-refractivity contribution in [2.75, 3.05) is 0 Å². The first-order valence-corrected chi connectivity index (χ1v) is 6.23. The number of ketones is 1. The Labute approximate surface area is 111 Å². The number of halogens is 4. The lowest BCUT2D eigenvalue weighted by molar-refractivity contribution is -0.274. The van der Waals surface area contributed by atoms with Crippen LogP contribution in [0.1, 0.15) is 29.8 Å². The summed E-state index contributed by atoms with van der Waals surface area (Å²) in [7, 11) is 0. The van der Waals surface area contributed by atoms with E-state index in [-0.39, 0.29) is 17.1 Å². The van der Waals surface area contributed by atoms with Crippen LogP contribution in [0.4, 0.5) is 13.2 Å². The molecule has 0 heterocycles. The zero-order valence-electron chi connectivity index (χ0n) is 9.84. The SMILES string of the molecule is CCc1ccc(OC(F)(F)F)cc1C(=O)C(C)Br. The zero-order chi connectivity index (χ0) is 13.9. The van der Waals surface area contributed by atoms with E-state index in [2.05, 4.69) is 20.7 Å². The molecule has 0 bridgehead atoms. The topological polar surface area (TPSA) is 26.3 Å². The number of hydrogen-bond acceptors (Lipinski definition) is 2. The van der Waals surface area contributed by atoms with E-state index in [1.165, 1.54) is 12.1 Å². The van der Waals surface area contributed by atoms with Gasteiger partial charge >= 0.3 is 6.36 Å². The molecule has 6 heteroatoms. The lowest BCUT2D eigenvalue weighted by Crippen LogP contribution is -2.18. The summed E-state index contributed by atoms with van der Waals surface area (Å²) in [6.45, 7) is 3.45. The van der Waals surface area contributed by atoms with Gasteiger partial charge in [0.2, 0.25) is 0 Å². The third kappa shape index (κ3) is 4.01. The Morgan fingerprint density at radius 3 is 2.50 bits per heavy atom. The summed E-state index contributed by atoms with van der Waals surface area (Å²) in [4.78, 5) is 11.4. The second-order valence-electron chi connectivity index (χ2n) is 3.70. The number of aryl methyl sites for hydroxylation is 1. The quantitative estimate of drug-likeness (QED) is 0.615. The summed E-state index contributed by atoms with van der Waals surface area (Å²) in [5.41, 5.74) is 0.949. The number of benzene rings is 1. The van der Waals surface area contributed by atoms with Crippen LogP contribution in [0.15, 0.2) is 18.2 Å². The monoisotopic (exact) mass is 324 g/mol. The molecule has 0 saturated carbocycles. The highest BCUT2D eigenvalue weighted by Crippen LogP contribution is 2.26. The zero-order valence-corrected chi connectivity index (χ0v) is 11.4. The number of ether oxygens (including phenoxy) is 1. The fourth-order valence-electron chi connectivity index (χ4n) is 1.50. The lowest BCUT2D eigenvalue weighted by atomic mass is 10.00. The Kier molecular flexibility index (Phi) is 4.78. The Morgan fingerprint density at radius 2 is 2.06 bits per heavy atom. The molecule has 0 aliphatic heterocycles. The fourth-order valence-corrected chi connectivity index (χ4v) is 1.75. The van der Waals surface area contributed by atoms with E-state index in [9.17, 15) is 18.0 Å². The normalized spacial score (nSPS) is 13.2. The van der Waals surface area contributed by atoms with Crippen molar-refractivity contribution in [3.05, 3.63) is 29.3 Å². The lowest BCUT2D eigenvalue weighted by Gasteiger charge is -2.13. The van der Waals surface area contributed by atoms with Gasteiger partial charge in [-0.3, -0.25) is 4.79 Å². The van der Waals surface area contributed by atoms with Crippen molar-refractivity contribution < 1.29 is 22.7 Å². The van der Waals surface area contributed by atoms with Crippen molar-refractivity contribution in [2.24, 2.45) is 0 Å². The highest BCUT2D eigenvalue weighted by molar-refractivity contribution is 9.10. The molecule has 0 fully saturated rings. The molecule has 0 N–H and O–H groups in total. The van der Waals surface area contributed by atoms with Gasteiger partial charge in [-0.2, -0.15) is 0 Å². The minimum absolute atomic E-state index is 0.253. The van der Waals surface area contributed by atoms with Crippen LogP contribution in [-0.2, 0) is 6.42 Å². The van der Waals surface area contributed by atoms with E-state index in [0.717, 1.165) is 6.07 Å². The van der Waals surface area contributed by atoms with Crippen molar-refractivity contribution in [1.29, 1.82) is 0 Å². The van der Waals surface area contributed by atoms with Crippen LogP contribution in [0.3, 0.4) is 0 Å². The summed E-state index contributed by atoms with van der Waals surface area (Å²) in [6, 6.07) is 3.82. The Balaban J connectivity index is 3.14. The van der Waals surface area contributed by atoms with Crippen LogP contribution in [0.25, 0.3) is 0 Å². The number of hydrogen-bond donors (Lipinski definition) is 0. The maximum Gasteiger partial charge on any atom is 0.573 e. The summed E-state index contributed by atoms with van der Waals surface area (Å²) in [5, 5.41) is 0. The molecule has 1 unspecified atom stereocenters. The molecule has 0 saturated heterocycles. The summed E-state index contributed by atoms with van der Waals surface area (Å²) >= 11 is 3.11. The molecule has 0 spiro atoms. The average molecular weight is 325 g/mol. The third-order valence-corrected chi connectivity index (χ3v) is 2.74. The standard InChI is InChI=1S/C12H12BrF3O2/c1-3-8-4-5-9(18-12(14,15)16)6-10(8)11(17)7(2)13/h4-7H,3H2,1-2H3. The van der Waals surface area contributed by atoms with E-state index in [1.54, 1.807) is 6.92 Å². The highest BCUT2D eigenvalue weighted by atomic mass is 79.9. The molecule has 1 atom stereocenters. The highest BCUT2D eigenvalue weighted by Gasteiger charge is 2.31. The van der Waals surface area contributed by atoms with Crippen LogP contribution >= 0.6 is 15.9 Å². The molecule has 0 amide bonds. The minimum Gasteiger partial charge on any atom is -0.406 e. The van der Waals surface area contributed by atoms with Gasteiger partial charge < -0.3 is 4.74 Å². The van der Waals surface area contributed by atoms with E-state index in [0.29, 0.717) is 12.0 Å². The minimum atomic E-state index is -4.76. The van der Waals surface area contributed by atoms with E-state index in [4.69, 9.17) is 0 Å². The van der Waals surface area contributed by atoms with Crippen LogP contribution in [-0.4, -0.2) is 17.0 Å². The largest absolute Gasteiger partial charge is 0.573 e. The van der Waals surface area contributed by atoms with Gasteiger partial charge in [-0.05, 0) is 31.0 Å². The van der Waals surface area contributed by atoms with Crippen LogP contribution in [0.2, 0.25) is 0 Å². The number of carbonyl (C=O) groups excluding carboxylic acids is 1. The molecule has 18 heavy (non-hydrogen) atoms. The molecule has 0 radical (unpaired) electrons. The molecule has 0 aliphatic carbocycles. The van der Waals surface area contributed by atoms with Crippen molar-refractivity contribution in [1.82, 2.24) is 0 Å². The van der Waals surface area contributed by atoms with E-state index >= 15 is 0 Å². The molecule has 1 rings (SSSR count). The van der Waals surface area contributed by atoms with Gasteiger partial charge in [0.25, 0.3) is 0 Å². The van der Waals surface area contributed by atoms with Gasteiger partial charge in [0.1, 0.15) is 5.75 Å². The maximum absolute atomic E-state index is 12.1. The predicted octanol–water partition coefficient (Wildman–Crippen LogP) is 4.11. The first-order valence-electron chi connectivity index (χ1n) is 5.31. The summed E-state index contributed by atoms with van der Waals surface area (Å²) in [6.07, 6.45) is -4.19. The first-order chi connectivity index (χ1) is 8.24. The molecular weight excluding hydrogens is 313 g/mol. The Morgan fingerprint density at radius 1 is 1.44 bits per heavy atom. The second kappa shape index (κ2) is 5.73. The fraction of sp³-hybridized carbons (Fsp3) is 0.417. The van der Waals surface area contributed by atoms with Crippen molar-refractivity contribution >= 4 is 21.7 Å². The van der Waals surface area contributed by atoms with Gasteiger partial charge in [-0.15, -0.1) is 13.2 Å². The Bertz CT molecular complexity index is 441.